The molecule has 0 unspecified atom stereocenters. The van der Waals surface area contributed by atoms with Gasteiger partial charge in [-0.3, -0.25) is 4.79 Å². The predicted molar refractivity (Wildman–Crippen MR) is 72.9 cm³/mol. The molecule has 0 atom stereocenters. The fraction of sp³-hybridized carbons (Fsp3) is 0.312. The van der Waals surface area contributed by atoms with Crippen molar-refractivity contribution in [3.8, 4) is 0 Å². The Morgan fingerprint density at radius 1 is 1.29 bits per heavy atom. The molecule has 90 valence electrons. The first-order valence-electron chi connectivity index (χ1n) is 5.95. The average Bonchev–Trinajstić information content (AvgIpc) is 2.35. The Morgan fingerprint density at radius 3 is 2.53 bits per heavy atom. The van der Waals surface area contributed by atoms with Crippen LogP contribution in [0.2, 0.25) is 0 Å². The molecule has 0 bridgehead atoms. The maximum absolute atomic E-state index is 11.7. The minimum Gasteiger partial charge on any atom is -0.294 e. The summed E-state index contributed by atoms with van der Waals surface area (Å²) in [5.74, 6) is 0.112. The van der Waals surface area contributed by atoms with Gasteiger partial charge >= 0.3 is 0 Å². The van der Waals surface area contributed by atoms with Crippen LogP contribution in [0.5, 0.6) is 0 Å². The lowest BCUT2D eigenvalue weighted by atomic mass is 9.88. The third kappa shape index (κ3) is 4.39. The number of allylic oxidation sites excluding steroid dienone is 3. The van der Waals surface area contributed by atoms with Gasteiger partial charge in [0.25, 0.3) is 0 Å². The molecule has 0 N–H and O–H groups in total. The Bertz CT molecular complexity index is 399. The number of ketones is 1. The van der Waals surface area contributed by atoms with E-state index in [0.717, 1.165) is 12.8 Å². The zero-order valence-electron chi connectivity index (χ0n) is 10.6. The lowest BCUT2D eigenvalue weighted by Crippen LogP contribution is -2.18. The van der Waals surface area contributed by atoms with Crippen LogP contribution in [0.3, 0.4) is 0 Å². The molecule has 0 aliphatic rings. The molecule has 1 aromatic rings. The van der Waals surface area contributed by atoms with Gasteiger partial charge in [-0.05, 0) is 38.3 Å². The molecule has 1 aromatic carbocycles. The van der Waals surface area contributed by atoms with Gasteiger partial charge in [-0.15, -0.1) is 6.58 Å². The van der Waals surface area contributed by atoms with E-state index in [-0.39, 0.29) is 5.78 Å². The van der Waals surface area contributed by atoms with Gasteiger partial charge in [0.2, 0.25) is 0 Å². The number of carbonyl (C=O) groups excluding carboxylic acids is 1. The highest BCUT2D eigenvalue weighted by Gasteiger charge is 2.20. The first-order chi connectivity index (χ1) is 8.06. The predicted octanol–water partition coefficient (Wildman–Crippen LogP) is 3.96. The summed E-state index contributed by atoms with van der Waals surface area (Å²) < 4.78 is 0. The van der Waals surface area contributed by atoms with Gasteiger partial charge in [0.15, 0.2) is 5.78 Å². The molecule has 0 aromatic heterocycles. The number of hydrogen-bond donors (Lipinski definition) is 0. The van der Waals surface area contributed by atoms with Crippen LogP contribution in [-0.4, -0.2) is 5.78 Å². The second-order valence-corrected chi connectivity index (χ2v) is 4.72. The highest BCUT2D eigenvalue weighted by atomic mass is 16.1. The number of benzene rings is 1. The van der Waals surface area contributed by atoms with Gasteiger partial charge in [0, 0.05) is 5.41 Å². The summed E-state index contributed by atoms with van der Waals surface area (Å²) in [7, 11) is 0. The van der Waals surface area contributed by atoms with Crippen molar-refractivity contribution in [2.45, 2.75) is 26.7 Å². The Hall–Kier alpha value is -1.63. The van der Waals surface area contributed by atoms with Gasteiger partial charge in [0.1, 0.15) is 0 Å². The standard InChI is InChI=1S/C16H20O/c1-4-16(2,3)15(17)13-9-8-12-14-10-6-5-7-11-14/h4-7,9-11,13H,1,8,12H2,2-3H3/b13-9+. The Labute approximate surface area is 104 Å². The first kappa shape index (κ1) is 13.4. The van der Waals surface area contributed by atoms with Crippen LogP contribution in [0.15, 0.2) is 55.1 Å². The van der Waals surface area contributed by atoms with Gasteiger partial charge < -0.3 is 0 Å². The Morgan fingerprint density at radius 2 is 1.94 bits per heavy atom. The van der Waals surface area contributed by atoms with Crippen LogP contribution in [0, 0.1) is 5.41 Å². The van der Waals surface area contributed by atoms with E-state index in [4.69, 9.17) is 0 Å². The number of carbonyl (C=O) groups is 1. The summed E-state index contributed by atoms with van der Waals surface area (Å²) in [6.45, 7) is 7.43. The molecule has 0 saturated heterocycles. The molecule has 1 nitrogen and oxygen atoms in total. The van der Waals surface area contributed by atoms with Crippen LogP contribution < -0.4 is 0 Å². The van der Waals surface area contributed by atoms with E-state index in [1.54, 1.807) is 12.2 Å². The summed E-state index contributed by atoms with van der Waals surface area (Å²) in [4.78, 5) is 11.7. The summed E-state index contributed by atoms with van der Waals surface area (Å²) >= 11 is 0. The van der Waals surface area contributed by atoms with E-state index in [0.29, 0.717) is 0 Å². The fourth-order valence-electron chi connectivity index (χ4n) is 1.40. The molecular formula is C16H20O. The summed E-state index contributed by atoms with van der Waals surface area (Å²) in [6, 6.07) is 10.3. The van der Waals surface area contributed by atoms with Gasteiger partial charge in [-0.1, -0.05) is 42.5 Å². The second kappa shape index (κ2) is 6.19. The quantitative estimate of drug-likeness (QED) is 0.532. The van der Waals surface area contributed by atoms with E-state index in [1.165, 1.54) is 5.56 Å². The van der Waals surface area contributed by atoms with Crippen LogP contribution in [-0.2, 0) is 11.2 Å². The molecule has 0 fully saturated rings. The summed E-state index contributed by atoms with van der Waals surface area (Å²) in [6.07, 6.45) is 7.17. The molecule has 0 spiro atoms. The molecule has 1 heteroatoms. The van der Waals surface area contributed by atoms with Crippen molar-refractivity contribution in [1.82, 2.24) is 0 Å². The lowest BCUT2D eigenvalue weighted by molar-refractivity contribution is -0.120. The van der Waals surface area contributed by atoms with Crippen LogP contribution >= 0.6 is 0 Å². The summed E-state index contributed by atoms with van der Waals surface area (Å²) in [5, 5.41) is 0. The van der Waals surface area contributed by atoms with Crippen molar-refractivity contribution >= 4 is 5.78 Å². The molecular weight excluding hydrogens is 208 g/mol. The molecule has 0 heterocycles. The van der Waals surface area contributed by atoms with Crippen LogP contribution in [0.25, 0.3) is 0 Å². The minimum atomic E-state index is -0.455. The Kier molecular flexibility index (Phi) is 4.89. The van der Waals surface area contributed by atoms with Gasteiger partial charge in [-0.25, -0.2) is 0 Å². The molecule has 0 aliphatic heterocycles. The second-order valence-electron chi connectivity index (χ2n) is 4.72. The van der Waals surface area contributed by atoms with Gasteiger partial charge in [-0.2, -0.15) is 0 Å². The molecule has 0 aliphatic carbocycles. The number of hydrogen-bond acceptors (Lipinski definition) is 1. The molecule has 0 amide bonds. The lowest BCUT2D eigenvalue weighted by Gasteiger charge is -2.14. The third-order valence-electron chi connectivity index (χ3n) is 2.86. The average molecular weight is 228 g/mol. The molecule has 0 radical (unpaired) electrons. The highest BCUT2D eigenvalue weighted by molar-refractivity contribution is 5.95. The Balaban J connectivity index is 2.42. The van der Waals surface area contributed by atoms with E-state index in [1.807, 2.05) is 38.1 Å². The summed E-state index contributed by atoms with van der Waals surface area (Å²) in [5.41, 5.74) is 0.844. The van der Waals surface area contributed by atoms with E-state index in [9.17, 15) is 4.79 Å². The van der Waals surface area contributed by atoms with E-state index in [2.05, 4.69) is 18.7 Å². The monoisotopic (exact) mass is 228 g/mol. The van der Waals surface area contributed by atoms with E-state index >= 15 is 0 Å². The number of aryl methyl sites for hydroxylation is 1. The zero-order chi connectivity index (χ0) is 12.7. The molecule has 0 saturated carbocycles. The van der Waals surface area contributed by atoms with Crippen molar-refractivity contribution < 1.29 is 4.79 Å². The maximum atomic E-state index is 11.7. The SMILES string of the molecule is C=CC(C)(C)C(=O)/C=C/CCc1ccccc1. The van der Waals surface area contributed by atoms with Crippen LogP contribution in [0.1, 0.15) is 25.8 Å². The normalized spacial score (nSPS) is 11.6. The highest BCUT2D eigenvalue weighted by Crippen LogP contribution is 2.18. The largest absolute Gasteiger partial charge is 0.294 e. The molecule has 17 heavy (non-hydrogen) atoms. The van der Waals surface area contributed by atoms with Crippen LogP contribution in [0.4, 0.5) is 0 Å². The van der Waals surface area contributed by atoms with Crippen molar-refractivity contribution in [1.29, 1.82) is 0 Å². The number of rotatable bonds is 6. The minimum absolute atomic E-state index is 0.112. The van der Waals surface area contributed by atoms with Crippen molar-refractivity contribution in [2.75, 3.05) is 0 Å². The van der Waals surface area contributed by atoms with Crippen molar-refractivity contribution in [3.05, 3.63) is 60.7 Å². The van der Waals surface area contributed by atoms with Gasteiger partial charge in [0.05, 0.1) is 0 Å². The third-order valence-corrected chi connectivity index (χ3v) is 2.86. The van der Waals surface area contributed by atoms with Crippen molar-refractivity contribution in [2.24, 2.45) is 5.41 Å². The topological polar surface area (TPSA) is 17.1 Å². The fourth-order valence-corrected chi connectivity index (χ4v) is 1.40. The van der Waals surface area contributed by atoms with E-state index < -0.39 is 5.41 Å². The maximum Gasteiger partial charge on any atom is 0.164 e. The first-order valence-corrected chi connectivity index (χ1v) is 5.95. The van der Waals surface area contributed by atoms with Crippen molar-refractivity contribution in [3.63, 3.8) is 0 Å². The molecule has 1 rings (SSSR count). The zero-order valence-corrected chi connectivity index (χ0v) is 10.6. The smallest absolute Gasteiger partial charge is 0.164 e.